The van der Waals surface area contributed by atoms with Crippen LogP contribution in [0.1, 0.15) is 38.1 Å². The molecule has 23 heavy (non-hydrogen) atoms. The molecule has 4 rings (SSSR count). The molecule has 6 heteroatoms. The lowest BCUT2D eigenvalue weighted by Gasteiger charge is -2.21. The summed E-state index contributed by atoms with van der Waals surface area (Å²) in [4.78, 5) is 11.7. The first-order valence-electron chi connectivity index (χ1n) is 8.06. The van der Waals surface area contributed by atoms with Crippen molar-refractivity contribution in [3.8, 4) is 17.3 Å². The number of hydrogen-bond acceptors (Lipinski definition) is 4. The van der Waals surface area contributed by atoms with Gasteiger partial charge in [-0.2, -0.15) is 10.4 Å². The minimum Gasteiger partial charge on any atom is -0.346 e. The zero-order chi connectivity index (χ0) is 15.6. The van der Waals surface area contributed by atoms with E-state index >= 15 is 0 Å². The highest BCUT2D eigenvalue weighted by atomic mass is 15.7. The summed E-state index contributed by atoms with van der Waals surface area (Å²) in [5.74, 6) is 0.556. The van der Waals surface area contributed by atoms with Gasteiger partial charge in [-0.15, -0.1) is 0 Å². The van der Waals surface area contributed by atoms with Gasteiger partial charge in [0.1, 0.15) is 12.0 Å². The summed E-state index contributed by atoms with van der Waals surface area (Å²) in [5.41, 5.74) is 2.68. The Morgan fingerprint density at radius 1 is 1.35 bits per heavy atom. The molecular weight excluding hydrogens is 291 g/mol. The fourth-order valence-corrected chi connectivity index (χ4v) is 3.66. The van der Waals surface area contributed by atoms with E-state index in [1.54, 1.807) is 6.33 Å². The van der Waals surface area contributed by atoms with Crippen molar-refractivity contribution in [1.82, 2.24) is 24.7 Å². The summed E-state index contributed by atoms with van der Waals surface area (Å²) >= 11 is 0. The van der Waals surface area contributed by atoms with Gasteiger partial charge in [0.15, 0.2) is 0 Å². The van der Waals surface area contributed by atoms with Gasteiger partial charge in [0.2, 0.25) is 0 Å². The SMILES string of the molecule is N#CCC(C1CCCC1)n1cc(-c2[15n][13cH][15n]c3[nH]ccc23)cn1. The standard InChI is InChI=1S/C17H18N6/c18-7-5-15(12-3-1-2-4-12)23-10-13(9-22-23)16-14-6-8-19-17(14)21-11-20-16/h6,8-12,15H,1-5H2,(H,19,20,21)/i11+1,20+1,21+1. The summed E-state index contributed by atoms with van der Waals surface area (Å²) in [6.45, 7) is 0. The smallest absolute Gasteiger partial charge is 0.141 e. The number of H-pyrrole nitrogens is 1. The maximum Gasteiger partial charge on any atom is 0.141 e. The maximum atomic E-state index is 9.18. The first kappa shape index (κ1) is 13.9. The molecule has 3 heterocycles. The number of rotatable bonds is 4. The van der Waals surface area contributed by atoms with E-state index < -0.39 is 0 Å². The van der Waals surface area contributed by atoms with Gasteiger partial charge in [-0.25, -0.2) is 9.97 Å². The van der Waals surface area contributed by atoms with Crippen LogP contribution < -0.4 is 0 Å². The molecule has 1 fully saturated rings. The summed E-state index contributed by atoms with van der Waals surface area (Å²) in [6.07, 6.45) is 12.7. The number of nitrogens with zero attached hydrogens (tertiary/aromatic N) is 5. The molecule has 1 aliphatic rings. The van der Waals surface area contributed by atoms with Crippen molar-refractivity contribution in [2.24, 2.45) is 5.92 Å². The molecule has 1 unspecified atom stereocenters. The molecule has 0 amide bonds. The highest BCUT2D eigenvalue weighted by molar-refractivity contribution is 5.89. The third kappa shape index (κ3) is 2.48. The third-order valence-corrected chi connectivity index (χ3v) is 4.81. The molecule has 0 saturated heterocycles. The van der Waals surface area contributed by atoms with E-state index in [-0.39, 0.29) is 6.04 Å². The Bertz CT molecular complexity index is 849. The van der Waals surface area contributed by atoms with Crippen LogP contribution in [0.25, 0.3) is 22.3 Å². The number of aromatic amines is 1. The zero-order valence-corrected chi connectivity index (χ0v) is 12.8. The molecule has 3 aromatic rings. The molecule has 6 nitrogen and oxygen atoms in total. The average Bonchev–Trinajstić information content (AvgIpc) is 3.32. The van der Waals surface area contributed by atoms with Gasteiger partial charge in [-0.3, -0.25) is 4.68 Å². The molecule has 0 bridgehead atoms. The van der Waals surface area contributed by atoms with Crippen molar-refractivity contribution in [1.29, 1.82) is 5.26 Å². The van der Waals surface area contributed by atoms with E-state index in [2.05, 4.69) is 26.1 Å². The molecule has 0 radical (unpaired) electrons. The Balaban J connectivity index is 1.70. The van der Waals surface area contributed by atoms with Crippen molar-refractivity contribution >= 4 is 11.0 Å². The second kappa shape index (κ2) is 5.84. The number of fused-ring (bicyclic) bond motifs is 1. The van der Waals surface area contributed by atoms with Crippen LogP contribution in [0.2, 0.25) is 0 Å². The van der Waals surface area contributed by atoms with Crippen molar-refractivity contribution in [3.05, 3.63) is 31.0 Å². The lowest BCUT2D eigenvalue weighted by molar-refractivity contribution is 0.315. The minimum atomic E-state index is 0.166. The first-order valence-corrected chi connectivity index (χ1v) is 8.06. The number of nitrogens with one attached hydrogen (secondary N) is 1. The second-order valence-corrected chi connectivity index (χ2v) is 6.15. The summed E-state index contributed by atoms with van der Waals surface area (Å²) in [7, 11) is 0. The van der Waals surface area contributed by atoms with Crippen LogP contribution in [0.5, 0.6) is 0 Å². The molecule has 1 aliphatic carbocycles. The molecular formula is C17H18N6. The van der Waals surface area contributed by atoms with E-state index in [4.69, 9.17) is 0 Å². The van der Waals surface area contributed by atoms with Crippen molar-refractivity contribution < 1.29 is 0 Å². The summed E-state index contributed by atoms with van der Waals surface area (Å²) in [6, 6.07) is 4.47. The summed E-state index contributed by atoms with van der Waals surface area (Å²) in [5, 5.41) is 14.7. The van der Waals surface area contributed by atoms with Crippen LogP contribution in [-0.4, -0.2) is 24.7 Å². The van der Waals surface area contributed by atoms with E-state index in [0.717, 1.165) is 22.3 Å². The number of nitriles is 1. The quantitative estimate of drug-likeness (QED) is 0.800. The van der Waals surface area contributed by atoms with Gasteiger partial charge in [0.05, 0.1) is 30.4 Å². The van der Waals surface area contributed by atoms with Gasteiger partial charge in [-0.1, -0.05) is 12.8 Å². The zero-order valence-electron chi connectivity index (χ0n) is 12.8. The Labute approximate surface area is 134 Å². The highest BCUT2D eigenvalue weighted by Gasteiger charge is 2.27. The topological polar surface area (TPSA) is 83.2 Å². The molecule has 1 atom stereocenters. The highest BCUT2D eigenvalue weighted by Crippen LogP contribution is 2.36. The van der Waals surface area contributed by atoms with Crippen molar-refractivity contribution in [2.45, 2.75) is 38.1 Å². The van der Waals surface area contributed by atoms with Crippen LogP contribution in [-0.2, 0) is 0 Å². The first-order chi connectivity index (χ1) is 11.4. The lowest BCUT2D eigenvalue weighted by atomic mass is 9.96. The second-order valence-electron chi connectivity index (χ2n) is 6.15. The van der Waals surface area contributed by atoms with Crippen LogP contribution in [0.3, 0.4) is 0 Å². The molecule has 0 aliphatic heterocycles. The maximum absolute atomic E-state index is 9.18. The molecule has 116 valence electrons. The van der Waals surface area contributed by atoms with E-state index in [0.29, 0.717) is 12.3 Å². The summed E-state index contributed by atoms with van der Waals surface area (Å²) < 4.78 is 1.97. The molecule has 1 N–H and O–H groups in total. The van der Waals surface area contributed by atoms with Crippen molar-refractivity contribution in [2.75, 3.05) is 0 Å². The van der Waals surface area contributed by atoms with Crippen LogP contribution in [0.4, 0.5) is 0 Å². The largest absolute Gasteiger partial charge is 0.346 e. The fraction of sp³-hybridized carbons (Fsp3) is 0.412. The Morgan fingerprint density at radius 3 is 3.04 bits per heavy atom. The molecule has 3 aromatic heterocycles. The van der Waals surface area contributed by atoms with E-state index in [9.17, 15) is 5.26 Å². The third-order valence-electron chi connectivity index (χ3n) is 4.81. The molecule has 0 spiro atoms. The monoisotopic (exact) mass is 309 g/mol. The van der Waals surface area contributed by atoms with Gasteiger partial charge in [0.25, 0.3) is 0 Å². The Hall–Kier alpha value is -2.68. The van der Waals surface area contributed by atoms with E-state index in [1.807, 2.05) is 29.3 Å². The Kier molecular flexibility index (Phi) is 3.54. The van der Waals surface area contributed by atoms with Crippen LogP contribution in [0.15, 0.2) is 31.0 Å². The van der Waals surface area contributed by atoms with Crippen LogP contribution >= 0.6 is 0 Å². The van der Waals surface area contributed by atoms with Crippen molar-refractivity contribution in [3.63, 3.8) is 0 Å². The average molecular weight is 309 g/mol. The fourth-order valence-electron chi connectivity index (χ4n) is 3.66. The van der Waals surface area contributed by atoms with Gasteiger partial charge in [0, 0.05) is 23.3 Å². The van der Waals surface area contributed by atoms with Gasteiger partial charge in [-0.05, 0) is 24.8 Å². The molecule has 1 saturated carbocycles. The predicted octanol–water partition coefficient (Wildman–Crippen LogP) is 3.47. The minimum absolute atomic E-state index is 0.166. The van der Waals surface area contributed by atoms with Crippen LogP contribution in [0, 0.1) is 17.2 Å². The number of aromatic nitrogens is 5. The molecule has 0 aromatic carbocycles. The lowest BCUT2D eigenvalue weighted by Crippen LogP contribution is -2.17. The van der Waals surface area contributed by atoms with Gasteiger partial charge >= 0.3 is 0 Å². The van der Waals surface area contributed by atoms with E-state index in [1.165, 1.54) is 25.7 Å². The number of hydrogen-bond donors (Lipinski definition) is 1. The normalized spacial score (nSPS) is 16.7. The van der Waals surface area contributed by atoms with Gasteiger partial charge < -0.3 is 4.98 Å². The predicted molar refractivity (Wildman–Crippen MR) is 86.3 cm³/mol. The Morgan fingerprint density at radius 2 is 2.22 bits per heavy atom.